The Kier molecular flexibility index (Phi) is 4.05. The predicted molar refractivity (Wildman–Crippen MR) is 87.2 cm³/mol. The first kappa shape index (κ1) is 15.0. The summed E-state index contributed by atoms with van der Waals surface area (Å²) in [6.07, 6.45) is 2.39. The van der Waals surface area contributed by atoms with Crippen molar-refractivity contribution in [2.24, 2.45) is 0 Å². The van der Waals surface area contributed by atoms with E-state index in [1.165, 1.54) is 17.1 Å². The molecule has 1 N–H and O–H groups in total. The molecule has 1 aromatic carbocycles. The molecule has 1 aromatic heterocycles. The minimum absolute atomic E-state index is 0.474. The lowest BCUT2D eigenvalue weighted by atomic mass is 10.2. The molecule has 2 aromatic rings. The molecule has 21 heavy (non-hydrogen) atoms. The van der Waals surface area contributed by atoms with Crippen LogP contribution in [0.25, 0.3) is 10.1 Å². The number of hydrogen-bond donors (Lipinski definition) is 1. The summed E-state index contributed by atoms with van der Waals surface area (Å²) >= 11 is 1.58. The highest BCUT2D eigenvalue weighted by Gasteiger charge is 2.28. The highest BCUT2D eigenvalue weighted by atomic mass is 32.2. The Bertz CT molecular complexity index is 748. The number of thiophene rings is 1. The van der Waals surface area contributed by atoms with Gasteiger partial charge in [-0.3, -0.25) is 0 Å². The van der Waals surface area contributed by atoms with Crippen molar-refractivity contribution < 1.29 is 8.42 Å². The smallest absolute Gasteiger partial charge is 0.244 e. The molecule has 0 unspecified atom stereocenters. The monoisotopic (exact) mass is 324 g/mol. The molecule has 0 spiro atoms. The van der Waals surface area contributed by atoms with Crippen LogP contribution in [0.2, 0.25) is 0 Å². The second-order valence-electron chi connectivity index (χ2n) is 5.42. The van der Waals surface area contributed by atoms with Crippen molar-refractivity contribution in [3.8, 4) is 0 Å². The molecule has 1 aliphatic rings. The number of hydrogen-bond acceptors (Lipinski definition) is 4. The van der Waals surface area contributed by atoms with E-state index < -0.39 is 10.0 Å². The Morgan fingerprint density at radius 3 is 2.71 bits per heavy atom. The third-order valence-electron chi connectivity index (χ3n) is 3.86. The van der Waals surface area contributed by atoms with Gasteiger partial charge in [-0.2, -0.15) is 0 Å². The maximum absolute atomic E-state index is 12.8. The van der Waals surface area contributed by atoms with Gasteiger partial charge in [0.25, 0.3) is 0 Å². The fraction of sp³-hybridized carbons (Fsp3) is 0.467. The average molecular weight is 324 g/mol. The Morgan fingerprint density at radius 2 is 2.05 bits per heavy atom. The second-order valence-corrected chi connectivity index (χ2v) is 8.54. The van der Waals surface area contributed by atoms with Gasteiger partial charge in [-0.25, -0.2) is 12.7 Å². The van der Waals surface area contributed by atoms with Gasteiger partial charge < -0.3 is 5.32 Å². The zero-order chi connectivity index (χ0) is 15.0. The zero-order valence-electron chi connectivity index (χ0n) is 12.3. The Labute approximate surface area is 129 Å². The van der Waals surface area contributed by atoms with E-state index in [0.717, 1.165) is 15.0 Å². The van der Waals surface area contributed by atoms with Crippen LogP contribution in [0.3, 0.4) is 0 Å². The normalized spacial score (nSPS) is 16.0. The lowest BCUT2D eigenvalue weighted by molar-refractivity contribution is 0.486. The molecule has 0 aliphatic heterocycles. The summed E-state index contributed by atoms with van der Waals surface area (Å²) in [6.45, 7) is 2.96. The highest BCUT2D eigenvalue weighted by molar-refractivity contribution is 7.89. The summed E-state index contributed by atoms with van der Waals surface area (Å²) in [6, 6.07) is 8.32. The van der Waals surface area contributed by atoms with Crippen LogP contribution in [-0.2, 0) is 16.6 Å². The van der Waals surface area contributed by atoms with Crippen molar-refractivity contribution in [3.05, 3.63) is 29.1 Å². The van der Waals surface area contributed by atoms with Gasteiger partial charge >= 0.3 is 0 Å². The van der Waals surface area contributed by atoms with Gasteiger partial charge in [0, 0.05) is 41.1 Å². The zero-order valence-corrected chi connectivity index (χ0v) is 13.9. The molecule has 0 saturated heterocycles. The molecule has 0 radical (unpaired) electrons. The number of fused-ring (bicyclic) bond motifs is 1. The van der Waals surface area contributed by atoms with Crippen molar-refractivity contribution >= 4 is 31.4 Å². The van der Waals surface area contributed by atoms with E-state index in [0.29, 0.717) is 24.0 Å². The predicted octanol–water partition coefficient (Wildman–Crippen LogP) is 2.79. The van der Waals surface area contributed by atoms with Crippen LogP contribution in [0.1, 0.15) is 24.6 Å². The lowest BCUT2D eigenvalue weighted by Crippen LogP contribution is -2.27. The first-order valence-electron chi connectivity index (χ1n) is 7.24. The van der Waals surface area contributed by atoms with Crippen molar-refractivity contribution in [3.63, 3.8) is 0 Å². The molecule has 4 nitrogen and oxygen atoms in total. The van der Waals surface area contributed by atoms with Crippen LogP contribution < -0.4 is 5.32 Å². The number of benzene rings is 1. The summed E-state index contributed by atoms with van der Waals surface area (Å²) < 4.78 is 28.1. The Balaban J connectivity index is 2.10. The standard InChI is InChI=1S/C15H20N2O2S2/c1-3-17(2)21(18,19)15-12-6-4-5-7-13(12)20-14(15)10-16-11-8-9-11/h4-7,11,16H,3,8-10H2,1-2H3. The average Bonchev–Trinajstić information content (AvgIpc) is 3.22. The summed E-state index contributed by atoms with van der Waals surface area (Å²) in [7, 11) is -1.79. The largest absolute Gasteiger partial charge is 0.309 e. The Hall–Kier alpha value is -0.950. The van der Waals surface area contributed by atoms with Gasteiger partial charge in [-0.15, -0.1) is 11.3 Å². The van der Waals surface area contributed by atoms with E-state index in [1.54, 1.807) is 18.4 Å². The van der Waals surface area contributed by atoms with E-state index in [9.17, 15) is 8.42 Å². The number of nitrogens with one attached hydrogen (secondary N) is 1. The SMILES string of the molecule is CCN(C)S(=O)(=O)c1c(CNC2CC2)sc2ccccc12. The molecule has 6 heteroatoms. The van der Waals surface area contributed by atoms with Gasteiger partial charge in [0.2, 0.25) is 10.0 Å². The Morgan fingerprint density at radius 1 is 1.33 bits per heavy atom. The molecular weight excluding hydrogens is 304 g/mol. The van der Waals surface area contributed by atoms with Crippen molar-refractivity contribution in [2.75, 3.05) is 13.6 Å². The second kappa shape index (κ2) is 5.68. The molecule has 0 amide bonds. The number of sulfonamides is 1. The minimum atomic E-state index is -3.43. The fourth-order valence-corrected chi connectivity index (χ4v) is 5.35. The maximum Gasteiger partial charge on any atom is 0.244 e. The number of rotatable bonds is 6. The molecule has 0 bridgehead atoms. The van der Waals surface area contributed by atoms with Gasteiger partial charge in [-0.05, 0) is 18.9 Å². The van der Waals surface area contributed by atoms with E-state index in [-0.39, 0.29) is 0 Å². The number of nitrogens with zero attached hydrogens (tertiary/aromatic N) is 1. The highest BCUT2D eigenvalue weighted by Crippen LogP contribution is 2.36. The molecule has 1 saturated carbocycles. The van der Waals surface area contributed by atoms with Crippen molar-refractivity contribution in [2.45, 2.75) is 37.2 Å². The van der Waals surface area contributed by atoms with E-state index >= 15 is 0 Å². The fourth-order valence-electron chi connectivity index (χ4n) is 2.32. The summed E-state index contributed by atoms with van der Waals surface area (Å²) in [5.74, 6) is 0. The maximum atomic E-state index is 12.8. The topological polar surface area (TPSA) is 49.4 Å². The van der Waals surface area contributed by atoms with Crippen LogP contribution >= 0.6 is 11.3 Å². The summed E-state index contributed by atoms with van der Waals surface area (Å²) in [4.78, 5) is 1.41. The molecule has 3 rings (SSSR count). The van der Waals surface area contributed by atoms with Crippen LogP contribution in [0.15, 0.2) is 29.2 Å². The third kappa shape index (κ3) is 2.85. The quantitative estimate of drug-likeness (QED) is 0.889. The van der Waals surface area contributed by atoms with Crippen molar-refractivity contribution in [1.29, 1.82) is 0 Å². The van der Waals surface area contributed by atoms with E-state index in [4.69, 9.17) is 0 Å². The van der Waals surface area contributed by atoms with Crippen LogP contribution in [0, 0.1) is 0 Å². The first-order valence-corrected chi connectivity index (χ1v) is 9.50. The molecule has 1 fully saturated rings. The molecule has 114 valence electrons. The molecule has 1 heterocycles. The summed E-state index contributed by atoms with van der Waals surface area (Å²) in [5, 5.41) is 4.27. The first-order chi connectivity index (χ1) is 10.0. The van der Waals surface area contributed by atoms with Crippen LogP contribution in [0.4, 0.5) is 0 Å². The van der Waals surface area contributed by atoms with E-state index in [1.807, 2.05) is 31.2 Å². The molecule has 0 atom stereocenters. The van der Waals surface area contributed by atoms with Crippen molar-refractivity contribution in [1.82, 2.24) is 9.62 Å². The van der Waals surface area contributed by atoms with Gasteiger partial charge in [0.05, 0.1) is 0 Å². The molecular formula is C15H20N2O2S2. The van der Waals surface area contributed by atoms with Gasteiger partial charge in [0.1, 0.15) is 4.90 Å². The lowest BCUT2D eigenvalue weighted by Gasteiger charge is -2.16. The summed E-state index contributed by atoms with van der Waals surface area (Å²) in [5.41, 5.74) is 0. The molecule has 1 aliphatic carbocycles. The van der Waals surface area contributed by atoms with E-state index in [2.05, 4.69) is 5.32 Å². The minimum Gasteiger partial charge on any atom is -0.309 e. The van der Waals surface area contributed by atoms with Crippen LogP contribution in [0.5, 0.6) is 0 Å². The van der Waals surface area contributed by atoms with Crippen LogP contribution in [-0.4, -0.2) is 32.4 Å². The third-order valence-corrected chi connectivity index (χ3v) is 7.22. The van der Waals surface area contributed by atoms with Gasteiger partial charge in [0.15, 0.2) is 0 Å². The van der Waals surface area contributed by atoms with Gasteiger partial charge in [-0.1, -0.05) is 25.1 Å².